The SMILES string of the molecule is COC1=C[C@@H](C)[C@@H]2C[C@H]3OC(O)C[C@H]4[C@](C)(O)[C@H](OC)[C@@H](O)C([C@@]34C)[C@@]2(C)C1=O. The Kier molecular flexibility index (Phi) is 4.76. The Labute approximate surface area is 172 Å². The lowest BCUT2D eigenvalue weighted by molar-refractivity contribution is -0.354. The lowest BCUT2D eigenvalue weighted by atomic mass is 9.37. The molecule has 0 radical (unpaired) electrons. The molecule has 11 atom stereocenters. The first kappa shape index (κ1) is 21.2. The third kappa shape index (κ3) is 2.45. The second-order valence-electron chi connectivity index (χ2n) is 10.1. The zero-order chi connectivity index (χ0) is 21.5. The second kappa shape index (κ2) is 6.50. The fourth-order valence-electron chi connectivity index (χ4n) is 7.77. The van der Waals surface area contributed by atoms with E-state index in [-0.39, 0.29) is 30.1 Å². The first-order valence-electron chi connectivity index (χ1n) is 10.5. The molecular weight excluding hydrogens is 376 g/mol. The first-order valence-corrected chi connectivity index (χ1v) is 10.5. The molecule has 4 aliphatic rings. The number of hydrogen-bond donors (Lipinski definition) is 3. The number of methoxy groups -OCH3 is 2. The Morgan fingerprint density at radius 3 is 2.41 bits per heavy atom. The number of ether oxygens (including phenoxy) is 3. The minimum atomic E-state index is -1.38. The number of hydrogen-bond acceptors (Lipinski definition) is 7. The van der Waals surface area contributed by atoms with Crippen LogP contribution in [0.15, 0.2) is 11.8 Å². The van der Waals surface area contributed by atoms with Crippen molar-refractivity contribution in [1.82, 2.24) is 0 Å². The number of fused-ring (bicyclic) bond motifs is 2. The van der Waals surface area contributed by atoms with Crippen molar-refractivity contribution in [2.75, 3.05) is 14.2 Å². The molecule has 7 nitrogen and oxygen atoms in total. The molecule has 3 fully saturated rings. The van der Waals surface area contributed by atoms with Crippen LogP contribution in [0.2, 0.25) is 0 Å². The summed E-state index contributed by atoms with van der Waals surface area (Å²) in [7, 11) is 2.96. The van der Waals surface area contributed by atoms with Crippen LogP contribution in [0.5, 0.6) is 0 Å². The number of aliphatic hydroxyl groups excluding tert-OH is 2. The molecule has 7 heteroatoms. The van der Waals surface area contributed by atoms with Crippen LogP contribution < -0.4 is 0 Å². The maximum atomic E-state index is 13.6. The van der Waals surface area contributed by atoms with E-state index < -0.39 is 46.8 Å². The van der Waals surface area contributed by atoms with Crippen LogP contribution in [-0.4, -0.2) is 65.5 Å². The van der Waals surface area contributed by atoms with Gasteiger partial charge >= 0.3 is 0 Å². The maximum Gasteiger partial charge on any atom is 0.203 e. The Bertz CT molecular complexity index is 733. The number of rotatable bonds is 2. The van der Waals surface area contributed by atoms with Gasteiger partial charge < -0.3 is 29.5 Å². The van der Waals surface area contributed by atoms with E-state index in [0.717, 1.165) is 0 Å². The topological polar surface area (TPSA) is 105 Å². The van der Waals surface area contributed by atoms with Gasteiger partial charge in [-0.2, -0.15) is 0 Å². The fourth-order valence-corrected chi connectivity index (χ4v) is 7.77. The van der Waals surface area contributed by atoms with Crippen LogP contribution in [-0.2, 0) is 19.0 Å². The van der Waals surface area contributed by atoms with Crippen LogP contribution >= 0.6 is 0 Å². The summed E-state index contributed by atoms with van der Waals surface area (Å²) in [5, 5.41) is 33.5. The van der Waals surface area contributed by atoms with Gasteiger partial charge in [0.1, 0.15) is 6.10 Å². The van der Waals surface area contributed by atoms with Crippen molar-refractivity contribution < 1.29 is 34.3 Å². The molecule has 0 spiro atoms. The summed E-state index contributed by atoms with van der Waals surface area (Å²) in [5.41, 5.74) is -3.00. The minimum absolute atomic E-state index is 0.0361. The summed E-state index contributed by atoms with van der Waals surface area (Å²) in [6, 6.07) is 0. The third-order valence-corrected chi connectivity index (χ3v) is 8.93. The number of Topliss-reactive ketones (excluding diaryl/α,β-unsaturated/α-hetero) is 1. The van der Waals surface area contributed by atoms with Crippen molar-refractivity contribution in [2.45, 2.75) is 70.7 Å². The predicted molar refractivity (Wildman–Crippen MR) is 103 cm³/mol. The zero-order valence-electron chi connectivity index (χ0n) is 18.1. The van der Waals surface area contributed by atoms with E-state index in [1.807, 2.05) is 26.8 Å². The van der Waals surface area contributed by atoms with Gasteiger partial charge in [0.2, 0.25) is 5.78 Å². The van der Waals surface area contributed by atoms with Gasteiger partial charge in [0.25, 0.3) is 0 Å². The molecule has 3 N–H and O–H groups in total. The lowest BCUT2D eigenvalue weighted by Crippen LogP contribution is -2.78. The van der Waals surface area contributed by atoms with Crippen molar-refractivity contribution in [3.05, 3.63) is 11.8 Å². The molecule has 3 aliphatic carbocycles. The second-order valence-corrected chi connectivity index (χ2v) is 10.1. The number of carbonyl (C=O) groups excluding carboxylic acids is 1. The molecule has 0 aromatic rings. The molecule has 2 saturated carbocycles. The van der Waals surface area contributed by atoms with Gasteiger partial charge in [-0.25, -0.2) is 0 Å². The van der Waals surface area contributed by atoms with Crippen molar-refractivity contribution in [3.8, 4) is 0 Å². The highest BCUT2D eigenvalue weighted by molar-refractivity contribution is 5.99. The summed E-state index contributed by atoms with van der Waals surface area (Å²) >= 11 is 0. The fraction of sp³-hybridized carbons (Fsp3) is 0.864. The number of carbonyl (C=O) groups is 1. The molecule has 1 heterocycles. The summed E-state index contributed by atoms with van der Waals surface area (Å²) in [6.45, 7) is 7.62. The number of allylic oxidation sites excluding steroid dienone is 2. The summed E-state index contributed by atoms with van der Waals surface area (Å²) in [6.07, 6.45) is -0.691. The summed E-state index contributed by atoms with van der Waals surface area (Å²) in [5.74, 6) is -0.764. The average Bonchev–Trinajstić information content (AvgIpc) is 2.63. The number of aliphatic hydroxyl groups is 3. The molecule has 1 saturated heterocycles. The monoisotopic (exact) mass is 410 g/mol. The van der Waals surface area contributed by atoms with E-state index in [1.165, 1.54) is 14.2 Å². The van der Waals surface area contributed by atoms with Crippen LogP contribution in [0, 0.1) is 34.5 Å². The molecular formula is C22H34O7. The summed E-state index contributed by atoms with van der Waals surface area (Å²) in [4.78, 5) is 13.6. The molecule has 2 unspecified atom stereocenters. The van der Waals surface area contributed by atoms with E-state index in [1.54, 1.807) is 6.92 Å². The quantitative estimate of drug-likeness (QED) is 0.629. The molecule has 0 aromatic heterocycles. The highest BCUT2D eigenvalue weighted by atomic mass is 16.6. The van der Waals surface area contributed by atoms with Crippen molar-refractivity contribution in [2.24, 2.45) is 34.5 Å². The molecule has 0 bridgehead atoms. The lowest BCUT2D eigenvalue weighted by Gasteiger charge is -2.70. The van der Waals surface area contributed by atoms with Crippen molar-refractivity contribution in [1.29, 1.82) is 0 Å². The molecule has 0 aromatic carbocycles. The van der Waals surface area contributed by atoms with Crippen molar-refractivity contribution >= 4 is 5.78 Å². The maximum absolute atomic E-state index is 13.6. The van der Waals surface area contributed by atoms with Gasteiger partial charge in [0.05, 0.1) is 24.9 Å². The minimum Gasteiger partial charge on any atom is -0.493 e. The molecule has 164 valence electrons. The van der Waals surface area contributed by atoms with Gasteiger partial charge in [-0.15, -0.1) is 0 Å². The van der Waals surface area contributed by atoms with Crippen LogP contribution in [0.3, 0.4) is 0 Å². The Balaban J connectivity index is 1.95. The van der Waals surface area contributed by atoms with E-state index in [0.29, 0.717) is 12.2 Å². The molecule has 29 heavy (non-hydrogen) atoms. The van der Waals surface area contributed by atoms with Crippen LogP contribution in [0.1, 0.15) is 40.5 Å². The van der Waals surface area contributed by atoms with E-state index in [2.05, 4.69) is 0 Å². The van der Waals surface area contributed by atoms with E-state index in [4.69, 9.17) is 14.2 Å². The summed E-state index contributed by atoms with van der Waals surface area (Å²) < 4.78 is 17.0. The van der Waals surface area contributed by atoms with Gasteiger partial charge in [-0.1, -0.05) is 20.8 Å². The normalized spacial score (nSPS) is 56.9. The van der Waals surface area contributed by atoms with Gasteiger partial charge in [0, 0.05) is 36.2 Å². The standard InChI is InChI=1S/C22H34O7/c1-10-7-12(27-5)18(25)20(2)11(10)8-14-21(3)13(9-15(23)29-14)22(4,26)19(28-6)16(24)17(20)21/h7,10-11,13-17,19,23-24,26H,8-9H2,1-6H3/t10-,11+,13-,14-,15?,16+,17?,19-,20+,21-,22+/m1/s1. The molecule has 4 rings (SSSR count). The Morgan fingerprint density at radius 1 is 1.17 bits per heavy atom. The van der Waals surface area contributed by atoms with E-state index in [9.17, 15) is 20.1 Å². The number of ketones is 1. The highest BCUT2D eigenvalue weighted by Gasteiger charge is 2.75. The molecule has 0 amide bonds. The highest BCUT2D eigenvalue weighted by Crippen LogP contribution is 2.69. The third-order valence-electron chi connectivity index (χ3n) is 8.93. The zero-order valence-corrected chi connectivity index (χ0v) is 18.1. The average molecular weight is 411 g/mol. The molecule has 1 aliphatic heterocycles. The van der Waals surface area contributed by atoms with Crippen molar-refractivity contribution in [3.63, 3.8) is 0 Å². The van der Waals surface area contributed by atoms with Crippen LogP contribution in [0.4, 0.5) is 0 Å². The largest absolute Gasteiger partial charge is 0.493 e. The van der Waals surface area contributed by atoms with E-state index >= 15 is 0 Å². The van der Waals surface area contributed by atoms with Gasteiger partial charge in [0.15, 0.2) is 12.0 Å². The Hall–Kier alpha value is -0.990. The van der Waals surface area contributed by atoms with Gasteiger partial charge in [-0.05, 0) is 31.3 Å². The first-order chi connectivity index (χ1) is 13.4. The smallest absolute Gasteiger partial charge is 0.203 e. The van der Waals surface area contributed by atoms with Crippen LogP contribution in [0.25, 0.3) is 0 Å². The Morgan fingerprint density at radius 2 is 1.83 bits per heavy atom. The predicted octanol–water partition coefficient (Wildman–Crippen LogP) is 1.25. The van der Waals surface area contributed by atoms with Gasteiger partial charge in [-0.3, -0.25) is 4.79 Å².